The molecule has 2 heterocycles. The largest absolute Gasteiger partial charge is 0.466 e. The number of nitrogens with zero attached hydrogens (tertiary/aromatic N) is 2. The minimum absolute atomic E-state index is 0.0262. The summed E-state index contributed by atoms with van der Waals surface area (Å²) in [4.78, 5) is 11.1. The Kier molecular flexibility index (Phi) is 3.00. The van der Waals surface area contributed by atoms with E-state index in [0.717, 1.165) is 0 Å². The van der Waals surface area contributed by atoms with E-state index in [-0.39, 0.29) is 18.2 Å². The van der Waals surface area contributed by atoms with E-state index in [4.69, 9.17) is 13.6 Å². The highest BCUT2D eigenvalue weighted by molar-refractivity contribution is 5.71. The van der Waals surface area contributed by atoms with Crippen LogP contribution in [-0.2, 0) is 16.0 Å². The third-order valence-corrected chi connectivity index (χ3v) is 1.80. The van der Waals surface area contributed by atoms with Crippen LogP contribution in [0.25, 0.3) is 11.7 Å². The van der Waals surface area contributed by atoms with Crippen LogP contribution in [0.2, 0.25) is 0 Å². The van der Waals surface area contributed by atoms with Gasteiger partial charge in [0.1, 0.15) is 6.42 Å². The molecule has 2 aromatic heterocycles. The third kappa shape index (κ3) is 2.28. The fourth-order valence-corrected chi connectivity index (χ4v) is 1.16. The zero-order chi connectivity index (χ0) is 11.4. The molecule has 6 heteroatoms. The molecule has 0 radical (unpaired) electrons. The zero-order valence-electron chi connectivity index (χ0n) is 8.67. The van der Waals surface area contributed by atoms with Gasteiger partial charge in [0, 0.05) is 0 Å². The van der Waals surface area contributed by atoms with Gasteiger partial charge in [0.2, 0.25) is 5.89 Å². The standard InChI is InChI=1S/C10H10N2O4/c1-2-14-9(13)6-8-11-12-10(16-8)7-4-3-5-15-7/h3-5H,2,6H2,1H3. The highest BCUT2D eigenvalue weighted by Crippen LogP contribution is 2.17. The Bertz CT molecular complexity index is 461. The van der Waals surface area contributed by atoms with Gasteiger partial charge in [-0.1, -0.05) is 0 Å². The summed E-state index contributed by atoms with van der Waals surface area (Å²) in [5, 5.41) is 7.47. The molecule has 0 fully saturated rings. The SMILES string of the molecule is CCOC(=O)Cc1nnc(-c2ccco2)o1. The van der Waals surface area contributed by atoms with Gasteiger partial charge in [-0.25, -0.2) is 0 Å². The van der Waals surface area contributed by atoms with E-state index < -0.39 is 5.97 Å². The molecular formula is C10H10N2O4. The maximum atomic E-state index is 11.1. The molecule has 0 saturated carbocycles. The van der Waals surface area contributed by atoms with Crippen LogP contribution in [0.4, 0.5) is 0 Å². The van der Waals surface area contributed by atoms with E-state index in [1.54, 1.807) is 19.1 Å². The van der Waals surface area contributed by atoms with Gasteiger partial charge in [-0.2, -0.15) is 0 Å². The predicted molar refractivity (Wildman–Crippen MR) is 52.3 cm³/mol. The molecule has 0 N–H and O–H groups in total. The van der Waals surface area contributed by atoms with E-state index >= 15 is 0 Å². The van der Waals surface area contributed by atoms with E-state index in [1.165, 1.54) is 6.26 Å². The van der Waals surface area contributed by atoms with E-state index in [9.17, 15) is 4.79 Å². The van der Waals surface area contributed by atoms with Crippen LogP contribution in [0.1, 0.15) is 12.8 Å². The molecule has 0 aromatic carbocycles. The smallest absolute Gasteiger partial charge is 0.315 e. The first-order valence-corrected chi connectivity index (χ1v) is 4.81. The molecule has 2 aromatic rings. The van der Waals surface area contributed by atoms with Crippen LogP contribution in [0.3, 0.4) is 0 Å². The van der Waals surface area contributed by atoms with Crippen LogP contribution < -0.4 is 0 Å². The summed E-state index contributed by atoms with van der Waals surface area (Å²) in [5.74, 6) is 0.550. The number of esters is 1. The Morgan fingerprint density at radius 3 is 3.06 bits per heavy atom. The van der Waals surface area contributed by atoms with Crippen LogP contribution in [0.15, 0.2) is 27.2 Å². The van der Waals surface area contributed by atoms with Crippen molar-refractivity contribution in [1.82, 2.24) is 10.2 Å². The fourth-order valence-electron chi connectivity index (χ4n) is 1.16. The van der Waals surface area contributed by atoms with E-state index in [2.05, 4.69) is 10.2 Å². The molecular weight excluding hydrogens is 212 g/mol. The second-order valence-corrected chi connectivity index (χ2v) is 2.96. The van der Waals surface area contributed by atoms with Crippen LogP contribution >= 0.6 is 0 Å². The number of ether oxygens (including phenoxy) is 1. The number of carbonyl (C=O) groups is 1. The summed E-state index contributed by atoms with van der Waals surface area (Å²) in [6.07, 6.45) is 1.48. The van der Waals surface area contributed by atoms with Gasteiger partial charge >= 0.3 is 5.97 Å². The molecule has 0 aliphatic carbocycles. The third-order valence-electron chi connectivity index (χ3n) is 1.80. The quantitative estimate of drug-likeness (QED) is 0.728. The molecule has 0 saturated heterocycles. The average Bonchev–Trinajstić information content (AvgIpc) is 2.86. The summed E-state index contributed by atoms with van der Waals surface area (Å²) in [5.41, 5.74) is 0. The topological polar surface area (TPSA) is 78.4 Å². The minimum Gasteiger partial charge on any atom is -0.466 e. The van der Waals surface area contributed by atoms with Crippen LogP contribution in [-0.4, -0.2) is 22.8 Å². The molecule has 0 atom stereocenters. The first-order chi connectivity index (χ1) is 7.79. The van der Waals surface area contributed by atoms with E-state index in [1.807, 2.05) is 0 Å². The highest BCUT2D eigenvalue weighted by Gasteiger charge is 2.14. The maximum absolute atomic E-state index is 11.1. The summed E-state index contributed by atoms with van der Waals surface area (Å²) in [7, 11) is 0. The second kappa shape index (κ2) is 4.61. The lowest BCUT2D eigenvalue weighted by molar-refractivity contribution is -0.142. The summed E-state index contributed by atoms with van der Waals surface area (Å²) in [6, 6.07) is 3.41. The first-order valence-electron chi connectivity index (χ1n) is 4.81. The van der Waals surface area contributed by atoms with Crippen molar-refractivity contribution in [2.24, 2.45) is 0 Å². The molecule has 0 aliphatic heterocycles. The van der Waals surface area contributed by atoms with Gasteiger partial charge in [-0.3, -0.25) is 4.79 Å². The lowest BCUT2D eigenvalue weighted by Gasteiger charge is -1.96. The van der Waals surface area contributed by atoms with Crippen molar-refractivity contribution >= 4 is 5.97 Å². The van der Waals surface area contributed by atoms with Crippen molar-refractivity contribution < 1.29 is 18.4 Å². The number of hydrogen-bond acceptors (Lipinski definition) is 6. The van der Waals surface area contributed by atoms with Gasteiger partial charge in [0.15, 0.2) is 5.76 Å². The summed E-state index contributed by atoms with van der Waals surface area (Å²) >= 11 is 0. The predicted octanol–water partition coefficient (Wildman–Crippen LogP) is 1.44. The van der Waals surface area contributed by atoms with Gasteiger partial charge in [0.05, 0.1) is 12.9 Å². The molecule has 16 heavy (non-hydrogen) atoms. The molecule has 0 amide bonds. The number of carbonyl (C=O) groups excluding carboxylic acids is 1. The van der Waals surface area contributed by atoms with Gasteiger partial charge in [-0.05, 0) is 19.1 Å². The van der Waals surface area contributed by atoms with Crippen LogP contribution in [0.5, 0.6) is 0 Å². The lowest BCUT2D eigenvalue weighted by Crippen LogP contribution is -2.07. The number of hydrogen-bond donors (Lipinski definition) is 0. The van der Waals surface area contributed by atoms with Crippen molar-refractivity contribution in [3.8, 4) is 11.7 Å². The van der Waals surface area contributed by atoms with Crippen molar-refractivity contribution in [2.75, 3.05) is 6.61 Å². The normalized spacial score (nSPS) is 10.3. The van der Waals surface area contributed by atoms with Crippen LogP contribution in [0, 0.1) is 0 Å². The summed E-state index contributed by atoms with van der Waals surface area (Å²) < 4.78 is 15.1. The Labute approximate surface area is 91.2 Å². The number of furan rings is 1. The second-order valence-electron chi connectivity index (χ2n) is 2.96. The monoisotopic (exact) mass is 222 g/mol. The molecule has 0 bridgehead atoms. The molecule has 0 spiro atoms. The maximum Gasteiger partial charge on any atom is 0.315 e. The molecule has 84 valence electrons. The van der Waals surface area contributed by atoms with Crippen molar-refractivity contribution in [1.29, 1.82) is 0 Å². The first kappa shape index (κ1) is 10.4. The van der Waals surface area contributed by atoms with Gasteiger partial charge < -0.3 is 13.6 Å². The molecule has 0 aliphatic rings. The average molecular weight is 222 g/mol. The zero-order valence-corrected chi connectivity index (χ0v) is 8.67. The Morgan fingerprint density at radius 1 is 1.50 bits per heavy atom. The minimum atomic E-state index is -0.392. The summed E-state index contributed by atoms with van der Waals surface area (Å²) in [6.45, 7) is 2.07. The molecule has 6 nitrogen and oxygen atoms in total. The Morgan fingerprint density at radius 2 is 2.38 bits per heavy atom. The molecule has 2 rings (SSSR count). The molecule has 0 unspecified atom stereocenters. The number of aromatic nitrogens is 2. The van der Waals surface area contributed by atoms with Gasteiger partial charge in [-0.15, -0.1) is 10.2 Å². The van der Waals surface area contributed by atoms with E-state index in [0.29, 0.717) is 12.4 Å². The Balaban J connectivity index is 2.06. The van der Waals surface area contributed by atoms with Gasteiger partial charge in [0.25, 0.3) is 5.89 Å². The number of rotatable bonds is 4. The van der Waals surface area contributed by atoms with Crippen molar-refractivity contribution in [3.63, 3.8) is 0 Å². The lowest BCUT2D eigenvalue weighted by atomic mass is 10.4. The van der Waals surface area contributed by atoms with Crippen molar-refractivity contribution in [3.05, 3.63) is 24.3 Å². The highest BCUT2D eigenvalue weighted by atomic mass is 16.5. The van der Waals surface area contributed by atoms with Crippen molar-refractivity contribution in [2.45, 2.75) is 13.3 Å². The fraction of sp³-hybridized carbons (Fsp3) is 0.300. The Hall–Kier alpha value is -2.11.